The van der Waals surface area contributed by atoms with Crippen LogP contribution in [0.15, 0.2) is 29.7 Å². The molecule has 1 heterocycles. The molecule has 0 aromatic carbocycles. The van der Waals surface area contributed by atoms with Crippen LogP contribution in [0.2, 0.25) is 0 Å². The van der Waals surface area contributed by atoms with Crippen molar-refractivity contribution in [2.24, 2.45) is 0 Å². The van der Waals surface area contributed by atoms with Crippen LogP contribution in [0.3, 0.4) is 0 Å². The van der Waals surface area contributed by atoms with Gasteiger partial charge in [-0.1, -0.05) is 6.08 Å². The van der Waals surface area contributed by atoms with Gasteiger partial charge < -0.3 is 5.32 Å². The van der Waals surface area contributed by atoms with E-state index in [0.717, 1.165) is 28.5 Å². The van der Waals surface area contributed by atoms with Gasteiger partial charge in [0.25, 0.3) is 0 Å². The third-order valence-corrected chi connectivity index (χ3v) is 2.82. The van der Waals surface area contributed by atoms with Gasteiger partial charge in [-0.05, 0) is 15.9 Å². The Hall–Kier alpha value is -0.550. The molecule has 1 aromatic rings. The summed E-state index contributed by atoms with van der Waals surface area (Å²) in [5.41, 5.74) is 0. The number of nitrogens with one attached hydrogen (secondary N) is 1. The first kappa shape index (κ1) is 11.5. The first-order valence-electron chi connectivity index (χ1n) is 4.23. The van der Waals surface area contributed by atoms with Crippen molar-refractivity contribution in [2.45, 2.75) is 0 Å². The Bertz CT molecular complexity index is 293. The minimum atomic E-state index is 0.800. The summed E-state index contributed by atoms with van der Waals surface area (Å²) in [7, 11) is 0. The van der Waals surface area contributed by atoms with Gasteiger partial charge in [-0.15, -0.1) is 6.58 Å². The largest absolute Gasteiger partial charge is 0.369 e. The number of rotatable bonds is 6. The Balaban J connectivity index is 2.21. The van der Waals surface area contributed by atoms with Crippen LogP contribution in [-0.4, -0.2) is 28.0 Å². The number of nitrogens with zero attached hydrogens (tertiary/aromatic N) is 2. The Labute approximate surface area is 96.5 Å². The van der Waals surface area contributed by atoms with E-state index >= 15 is 0 Å². The maximum Gasteiger partial charge on any atom is 0.130 e. The quantitative estimate of drug-likeness (QED) is 0.491. The summed E-state index contributed by atoms with van der Waals surface area (Å²) in [5, 5.41) is 3.21. The highest BCUT2D eigenvalue weighted by Gasteiger charge is 1.94. The van der Waals surface area contributed by atoms with E-state index in [0.29, 0.717) is 0 Å². The number of aromatic nitrogens is 2. The lowest BCUT2D eigenvalue weighted by atomic mass is 10.5. The molecule has 0 saturated carbocycles. The van der Waals surface area contributed by atoms with E-state index in [1.54, 1.807) is 0 Å². The molecular weight excluding hydrogens is 262 g/mol. The highest BCUT2D eigenvalue weighted by molar-refractivity contribution is 9.10. The minimum Gasteiger partial charge on any atom is -0.369 e. The van der Waals surface area contributed by atoms with Crippen LogP contribution in [0.25, 0.3) is 0 Å². The molecule has 0 fully saturated rings. The van der Waals surface area contributed by atoms with E-state index in [-0.39, 0.29) is 0 Å². The third-order valence-electron chi connectivity index (χ3n) is 1.42. The van der Waals surface area contributed by atoms with E-state index < -0.39 is 0 Å². The van der Waals surface area contributed by atoms with Crippen LogP contribution >= 0.6 is 27.7 Å². The molecule has 0 unspecified atom stereocenters. The summed E-state index contributed by atoms with van der Waals surface area (Å²) in [6.45, 7) is 4.56. The number of halogens is 1. The lowest BCUT2D eigenvalue weighted by molar-refractivity contribution is 1.10. The molecule has 0 aliphatic heterocycles. The molecule has 0 aliphatic carbocycles. The van der Waals surface area contributed by atoms with Crippen LogP contribution in [-0.2, 0) is 0 Å². The smallest absolute Gasteiger partial charge is 0.130 e. The molecule has 0 saturated heterocycles. The van der Waals surface area contributed by atoms with E-state index in [9.17, 15) is 0 Å². The number of thioether (sulfide) groups is 1. The third kappa shape index (κ3) is 4.62. The molecule has 0 spiro atoms. The average molecular weight is 274 g/mol. The van der Waals surface area contributed by atoms with Crippen LogP contribution < -0.4 is 5.32 Å². The van der Waals surface area contributed by atoms with Gasteiger partial charge in [-0.25, -0.2) is 9.97 Å². The molecule has 0 amide bonds. The van der Waals surface area contributed by atoms with Gasteiger partial charge in [-0.2, -0.15) is 11.8 Å². The maximum absolute atomic E-state index is 4.08. The lowest BCUT2D eigenvalue weighted by Crippen LogP contribution is -2.05. The van der Waals surface area contributed by atoms with Crippen LogP contribution in [0, 0.1) is 0 Å². The second-order valence-electron chi connectivity index (χ2n) is 2.52. The lowest BCUT2D eigenvalue weighted by Gasteiger charge is -2.03. The standard InChI is InChI=1S/C9H12BrN3S/c1-2-4-14-5-3-11-9-6-8(10)12-7-13-9/h2,6-7H,1,3-5H2,(H,11,12,13). The summed E-state index contributed by atoms with van der Waals surface area (Å²) in [5.74, 6) is 2.90. The van der Waals surface area contributed by atoms with Gasteiger partial charge in [0.05, 0.1) is 0 Å². The number of anilines is 1. The van der Waals surface area contributed by atoms with E-state index in [4.69, 9.17) is 0 Å². The van der Waals surface area contributed by atoms with Crippen molar-refractivity contribution in [2.75, 3.05) is 23.4 Å². The molecule has 76 valence electrons. The summed E-state index contributed by atoms with van der Waals surface area (Å²) in [6, 6.07) is 1.86. The molecule has 1 N–H and O–H groups in total. The van der Waals surface area contributed by atoms with Gasteiger partial charge in [0, 0.05) is 24.1 Å². The fourth-order valence-electron chi connectivity index (χ4n) is 0.848. The Morgan fingerprint density at radius 3 is 3.14 bits per heavy atom. The van der Waals surface area contributed by atoms with Crippen molar-refractivity contribution < 1.29 is 0 Å². The number of hydrogen-bond donors (Lipinski definition) is 1. The molecule has 0 bridgehead atoms. The molecule has 0 aliphatic rings. The zero-order chi connectivity index (χ0) is 10.2. The van der Waals surface area contributed by atoms with Gasteiger partial charge >= 0.3 is 0 Å². The first-order chi connectivity index (χ1) is 6.83. The Kier molecular flexibility index (Phi) is 5.63. The van der Waals surface area contributed by atoms with E-state index in [2.05, 4.69) is 37.8 Å². The zero-order valence-electron chi connectivity index (χ0n) is 7.74. The van der Waals surface area contributed by atoms with Crippen molar-refractivity contribution in [3.8, 4) is 0 Å². The molecule has 14 heavy (non-hydrogen) atoms. The van der Waals surface area contributed by atoms with Gasteiger partial charge in [0.2, 0.25) is 0 Å². The topological polar surface area (TPSA) is 37.8 Å². The van der Waals surface area contributed by atoms with Crippen LogP contribution in [0.4, 0.5) is 5.82 Å². The summed E-state index contributed by atoms with van der Waals surface area (Å²) in [6.07, 6.45) is 3.44. The average Bonchev–Trinajstić information content (AvgIpc) is 2.18. The highest BCUT2D eigenvalue weighted by atomic mass is 79.9. The predicted octanol–water partition coefficient (Wildman–Crippen LogP) is 2.57. The number of hydrogen-bond acceptors (Lipinski definition) is 4. The zero-order valence-corrected chi connectivity index (χ0v) is 10.1. The predicted molar refractivity (Wildman–Crippen MR) is 65.7 cm³/mol. The van der Waals surface area contributed by atoms with Gasteiger partial charge in [0.1, 0.15) is 16.7 Å². The highest BCUT2D eigenvalue weighted by Crippen LogP contribution is 2.09. The van der Waals surface area contributed by atoms with Crippen LogP contribution in [0.5, 0.6) is 0 Å². The van der Waals surface area contributed by atoms with E-state index in [1.807, 2.05) is 23.9 Å². The van der Waals surface area contributed by atoms with E-state index in [1.165, 1.54) is 6.33 Å². The molecule has 3 nitrogen and oxygen atoms in total. The first-order valence-corrected chi connectivity index (χ1v) is 6.18. The van der Waals surface area contributed by atoms with Gasteiger partial charge in [-0.3, -0.25) is 0 Å². The SMILES string of the molecule is C=CCSCCNc1cc(Br)ncn1. The van der Waals surface area contributed by atoms with Gasteiger partial charge in [0.15, 0.2) is 0 Å². The molecular formula is C9H12BrN3S. The van der Waals surface area contributed by atoms with Crippen molar-refractivity contribution >= 4 is 33.5 Å². The van der Waals surface area contributed by atoms with Crippen molar-refractivity contribution in [1.82, 2.24) is 9.97 Å². The fraction of sp³-hybridized carbons (Fsp3) is 0.333. The summed E-state index contributed by atoms with van der Waals surface area (Å²) >= 11 is 5.13. The Morgan fingerprint density at radius 2 is 2.43 bits per heavy atom. The minimum absolute atomic E-state index is 0.800. The maximum atomic E-state index is 4.08. The molecule has 1 rings (SSSR count). The second kappa shape index (κ2) is 6.84. The second-order valence-corrected chi connectivity index (χ2v) is 4.48. The van der Waals surface area contributed by atoms with Crippen molar-refractivity contribution in [1.29, 1.82) is 0 Å². The fourth-order valence-corrected chi connectivity index (χ4v) is 1.74. The van der Waals surface area contributed by atoms with Crippen LogP contribution in [0.1, 0.15) is 0 Å². The molecule has 5 heteroatoms. The molecule has 1 aromatic heterocycles. The summed E-state index contributed by atoms with van der Waals surface area (Å²) in [4.78, 5) is 8.02. The van der Waals surface area contributed by atoms with Crippen molar-refractivity contribution in [3.05, 3.63) is 29.7 Å². The molecule has 0 atom stereocenters. The normalized spacial score (nSPS) is 9.79. The Morgan fingerprint density at radius 1 is 1.57 bits per heavy atom. The monoisotopic (exact) mass is 273 g/mol. The molecule has 0 radical (unpaired) electrons. The van der Waals surface area contributed by atoms with Crippen molar-refractivity contribution in [3.63, 3.8) is 0 Å². The summed E-state index contributed by atoms with van der Waals surface area (Å²) < 4.78 is 0.800.